The molecule has 0 saturated carbocycles. The van der Waals surface area contributed by atoms with Crippen molar-refractivity contribution < 1.29 is 19.1 Å². The maximum absolute atomic E-state index is 12.2. The number of nitrogens with one attached hydrogen (secondary N) is 1. The van der Waals surface area contributed by atoms with Crippen molar-refractivity contribution in [3.63, 3.8) is 0 Å². The molecule has 0 fully saturated rings. The Hall–Kier alpha value is -3.02. The van der Waals surface area contributed by atoms with Gasteiger partial charge in [0.05, 0.1) is 20.2 Å². The summed E-state index contributed by atoms with van der Waals surface area (Å²) in [5.74, 6) is 1.07. The second-order valence-electron chi connectivity index (χ2n) is 6.17. The van der Waals surface area contributed by atoms with Gasteiger partial charge in [-0.1, -0.05) is 24.3 Å². The number of carbonyl (C=O) groups is 2. The highest BCUT2D eigenvalue weighted by Crippen LogP contribution is 2.16. The van der Waals surface area contributed by atoms with Gasteiger partial charge >= 0.3 is 0 Å². The van der Waals surface area contributed by atoms with Gasteiger partial charge in [0.25, 0.3) is 0 Å². The van der Waals surface area contributed by atoms with Crippen LogP contribution in [0.5, 0.6) is 11.5 Å². The van der Waals surface area contributed by atoms with Crippen LogP contribution in [0.4, 0.5) is 0 Å². The summed E-state index contributed by atoms with van der Waals surface area (Å²) < 4.78 is 10.7. The Labute approximate surface area is 160 Å². The Balaban J connectivity index is 1.79. The molecule has 0 aliphatic carbocycles. The fraction of sp³-hybridized carbons (Fsp3) is 0.333. The van der Waals surface area contributed by atoms with Gasteiger partial charge in [0.1, 0.15) is 18.1 Å². The topological polar surface area (TPSA) is 67.9 Å². The van der Waals surface area contributed by atoms with Gasteiger partial charge < -0.3 is 19.7 Å². The van der Waals surface area contributed by atoms with Crippen LogP contribution >= 0.6 is 0 Å². The van der Waals surface area contributed by atoms with Gasteiger partial charge in [-0.3, -0.25) is 9.59 Å². The van der Waals surface area contributed by atoms with E-state index < -0.39 is 0 Å². The van der Waals surface area contributed by atoms with Gasteiger partial charge in [-0.05, 0) is 42.3 Å². The average molecular weight is 370 g/mol. The Morgan fingerprint density at radius 1 is 1.04 bits per heavy atom. The zero-order valence-electron chi connectivity index (χ0n) is 16.0. The number of hydrogen-bond acceptors (Lipinski definition) is 4. The van der Waals surface area contributed by atoms with Gasteiger partial charge in [-0.2, -0.15) is 0 Å². The zero-order valence-corrected chi connectivity index (χ0v) is 16.0. The summed E-state index contributed by atoms with van der Waals surface area (Å²) in [5, 5.41) is 2.86. The van der Waals surface area contributed by atoms with Crippen molar-refractivity contribution in [1.29, 1.82) is 0 Å². The second-order valence-corrected chi connectivity index (χ2v) is 6.17. The van der Waals surface area contributed by atoms with Gasteiger partial charge in [0, 0.05) is 13.5 Å². The first-order valence-corrected chi connectivity index (χ1v) is 8.83. The van der Waals surface area contributed by atoms with Crippen LogP contribution < -0.4 is 14.8 Å². The number of rotatable bonds is 9. The fourth-order valence-corrected chi connectivity index (χ4v) is 2.52. The molecule has 0 heterocycles. The van der Waals surface area contributed by atoms with Crippen LogP contribution in [-0.4, -0.2) is 43.5 Å². The van der Waals surface area contributed by atoms with Gasteiger partial charge in [-0.25, -0.2) is 0 Å². The van der Waals surface area contributed by atoms with Gasteiger partial charge in [0.15, 0.2) is 0 Å². The highest BCUT2D eigenvalue weighted by atomic mass is 16.5. The summed E-state index contributed by atoms with van der Waals surface area (Å²) in [6.07, 6.45) is 0. The largest absolute Gasteiger partial charge is 0.497 e. The van der Waals surface area contributed by atoms with E-state index >= 15 is 0 Å². The Morgan fingerprint density at radius 3 is 2.33 bits per heavy atom. The minimum atomic E-state index is -0.196. The first-order chi connectivity index (χ1) is 13.0. The van der Waals surface area contributed by atoms with E-state index in [9.17, 15) is 9.59 Å². The molecule has 0 aromatic heterocycles. The van der Waals surface area contributed by atoms with Crippen molar-refractivity contribution in [2.24, 2.45) is 0 Å². The van der Waals surface area contributed by atoms with Crippen LogP contribution in [-0.2, 0) is 16.1 Å². The number of benzene rings is 2. The molecular formula is C21H26N2O4. The molecule has 6 heteroatoms. The highest BCUT2D eigenvalue weighted by molar-refractivity contribution is 5.83. The number of ether oxygens (including phenoxy) is 2. The quantitative estimate of drug-likeness (QED) is 0.737. The second kappa shape index (κ2) is 10.2. The van der Waals surface area contributed by atoms with Crippen molar-refractivity contribution in [2.75, 3.05) is 26.8 Å². The smallest absolute Gasteiger partial charge is 0.239 e. The van der Waals surface area contributed by atoms with Crippen molar-refractivity contribution in [2.45, 2.75) is 20.4 Å². The number of aryl methyl sites for hydroxylation is 1. The SMILES string of the molecule is COc1ccc(OCCN(CC(=O)NCc2ccccc2C)C(C)=O)cc1. The fourth-order valence-electron chi connectivity index (χ4n) is 2.52. The predicted octanol–water partition coefficient (Wildman–Crippen LogP) is 2.55. The molecule has 2 amide bonds. The molecule has 0 bridgehead atoms. The summed E-state index contributed by atoms with van der Waals surface area (Å²) in [5.41, 5.74) is 2.18. The third-order valence-corrected chi connectivity index (χ3v) is 4.21. The number of methoxy groups -OCH3 is 1. The highest BCUT2D eigenvalue weighted by Gasteiger charge is 2.14. The van der Waals surface area contributed by atoms with Crippen LogP contribution in [0.1, 0.15) is 18.1 Å². The van der Waals surface area contributed by atoms with E-state index in [4.69, 9.17) is 9.47 Å². The normalized spacial score (nSPS) is 10.2. The van der Waals surface area contributed by atoms with Crippen molar-refractivity contribution >= 4 is 11.8 Å². The summed E-state index contributed by atoms with van der Waals surface area (Å²) in [6, 6.07) is 15.1. The molecule has 144 valence electrons. The van der Waals surface area contributed by atoms with Crippen LogP contribution in [0.15, 0.2) is 48.5 Å². The molecule has 0 unspecified atom stereocenters. The van der Waals surface area contributed by atoms with Crippen LogP contribution in [0.3, 0.4) is 0 Å². The molecule has 0 atom stereocenters. The van der Waals surface area contributed by atoms with E-state index in [-0.39, 0.29) is 18.4 Å². The van der Waals surface area contributed by atoms with E-state index in [1.165, 1.54) is 11.8 Å². The molecule has 2 aromatic rings. The molecular weight excluding hydrogens is 344 g/mol. The lowest BCUT2D eigenvalue weighted by atomic mass is 10.1. The molecule has 0 aliphatic heterocycles. The average Bonchev–Trinajstić information content (AvgIpc) is 2.67. The van der Waals surface area contributed by atoms with Crippen molar-refractivity contribution in [1.82, 2.24) is 10.2 Å². The van der Waals surface area contributed by atoms with E-state index in [0.29, 0.717) is 25.4 Å². The maximum atomic E-state index is 12.2. The first-order valence-electron chi connectivity index (χ1n) is 8.83. The Morgan fingerprint density at radius 2 is 1.70 bits per heavy atom. The van der Waals surface area contributed by atoms with Crippen molar-refractivity contribution in [3.8, 4) is 11.5 Å². The third kappa shape index (κ3) is 6.66. The molecule has 1 N–H and O–H groups in total. The lowest BCUT2D eigenvalue weighted by molar-refractivity contribution is -0.134. The number of nitrogens with zero attached hydrogens (tertiary/aromatic N) is 1. The standard InChI is InChI=1S/C21H26N2O4/c1-16-6-4-5-7-18(16)14-22-21(25)15-23(17(2)24)12-13-27-20-10-8-19(26-3)9-11-20/h4-11H,12-15H2,1-3H3,(H,22,25). The zero-order chi connectivity index (χ0) is 19.6. The molecule has 0 spiro atoms. The number of carbonyl (C=O) groups excluding carboxylic acids is 2. The molecule has 0 aliphatic rings. The summed E-state index contributed by atoms with van der Waals surface area (Å²) >= 11 is 0. The Bertz CT molecular complexity index is 759. The van der Waals surface area contributed by atoms with Crippen LogP contribution in [0, 0.1) is 6.92 Å². The maximum Gasteiger partial charge on any atom is 0.239 e. The summed E-state index contributed by atoms with van der Waals surface area (Å²) in [4.78, 5) is 25.5. The molecule has 2 aromatic carbocycles. The summed E-state index contributed by atoms with van der Waals surface area (Å²) in [6.45, 7) is 4.53. The Kier molecular flexibility index (Phi) is 7.67. The van der Waals surface area contributed by atoms with Gasteiger partial charge in [-0.15, -0.1) is 0 Å². The van der Waals surface area contributed by atoms with E-state index in [1.54, 1.807) is 31.4 Å². The van der Waals surface area contributed by atoms with E-state index in [0.717, 1.165) is 16.9 Å². The van der Waals surface area contributed by atoms with Crippen LogP contribution in [0.2, 0.25) is 0 Å². The monoisotopic (exact) mass is 370 g/mol. The molecule has 6 nitrogen and oxygen atoms in total. The molecule has 0 saturated heterocycles. The van der Waals surface area contributed by atoms with Crippen LogP contribution in [0.25, 0.3) is 0 Å². The van der Waals surface area contributed by atoms with E-state index in [1.807, 2.05) is 31.2 Å². The third-order valence-electron chi connectivity index (χ3n) is 4.21. The van der Waals surface area contributed by atoms with E-state index in [2.05, 4.69) is 5.32 Å². The van der Waals surface area contributed by atoms with Crippen molar-refractivity contribution in [3.05, 3.63) is 59.7 Å². The first kappa shape index (κ1) is 20.3. The lowest BCUT2D eigenvalue weighted by Gasteiger charge is -2.21. The predicted molar refractivity (Wildman–Crippen MR) is 104 cm³/mol. The molecule has 27 heavy (non-hydrogen) atoms. The number of hydrogen-bond donors (Lipinski definition) is 1. The summed E-state index contributed by atoms with van der Waals surface area (Å²) in [7, 11) is 1.60. The minimum absolute atomic E-state index is 0.00713. The lowest BCUT2D eigenvalue weighted by Crippen LogP contribution is -2.41. The van der Waals surface area contributed by atoms with Gasteiger partial charge in [0.2, 0.25) is 11.8 Å². The minimum Gasteiger partial charge on any atom is -0.497 e. The molecule has 0 radical (unpaired) electrons. The molecule has 2 rings (SSSR count). The number of amides is 2.